The summed E-state index contributed by atoms with van der Waals surface area (Å²) in [6.45, 7) is 2.01. The fourth-order valence-corrected chi connectivity index (χ4v) is 6.93. The highest BCUT2D eigenvalue weighted by Gasteiger charge is 2.49. The Balaban J connectivity index is 1.49. The van der Waals surface area contributed by atoms with Crippen LogP contribution in [-0.2, 0) is 10.8 Å². The molecule has 3 aromatic carbocycles. The van der Waals surface area contributed by atoms with E-state index in [1.807, 2.05) is 67.6 Å². The number of aromatic nitrogens is 1. The Bertz CT molecular complexity index is 1400. The Morgan fingerprint density at radius 3 is 2.36 bits per heavy atom. The summed E-state index contributed by atoms with van der Waals surface area (Å²) in [7, 11) is -1.45. The SMILES string of the molecule is Cc1ccc(S(=O)c2cc3ccccc3n2C(=O)[C@@H]2C3C=CC(C3)[C@H]2c2ccccc2)cc1. The molecule has 3 unspecified atom stereocenters. The van der Waals surface area contributed by atoms with E-state index in [1.54, 1.807) is 4.57 Å². The number of hydrogen-bond donors (Lipinski definition) is 0. The molecule has 1 saturated carbocycles. The molecule has 2 bridgehead atoms. The lowest BCUT2D eigenvalue weighted by molar-refractivity contribution is 0.0794. The average molecular weight is 452 g/mol. The highest BCUT2D eigenvalue weighted by molar-refractivity contribution is 7.85. The van der Waals surface area contributed by atoms with Gasteiger partial charge in [0.05, 0.1) is 11.4 Å². The minimum atomic E-state index is -1.45. The zero-order chi connectivity index (χ0) is 22.5. The summed E-state index contributed by atoms with van der Waals surface area (Å²) in [6, 6.07) is 27.9. The maximum Gasteiger partial charge on any atom is 0.236 e. The third-order valence-electron chi connectivity index (χ3n) is 7.25. The first kappa shape index (κ1) is 20.4. The van der Waals surface area contributed by atoms with Gasteiger partial charge < -0.3 is 0 Å². The number of para-hydroxylation sites is 1. The molecule has 1 fully saturated rings. The maximum atomic E-state index is 14.3. The van der Waals surface area contributed by atoms with Crippen molar-refractivity contribution in [3.8, 4) is 0 Å². The van der Waals surface area contributed by atoms with E-state index < -0.39 is 10.8 Å². The lowest BCUT2D eigenvalue weighted by Gasteiger charge is -2.28. The van der Waals surface area contributed by atoms with Gasteiger partial charge in [0.2, 0.25) is 5.91 Å². The van der Waals surface area contributed by atoms with Crippen molar-refractivity contribution in [1.29, 1.82) is 0 Å². The molecule has 2 aliphatic rings. The molecule has 4 aromatic rings. The fraction of sp³-hybridized carbons (Fsp3) is 0.207. The molecule has 0 spiro atoms. The molecule has 164 valence electrons. The van der Waals surface area contributed by atoms with E-state index in [1.165, 1.54) is 5.56 Å². The largest absolute Gasteiger partial charge is 0.274 e. The topological polar surface area (TPSA) is 39.1 Å². The van der Waals surface area contributed by atoms with Gasteiger partial charge >= 0.3 is 0 Å². The van der Waals surface area contributed by atoms with E-state index in [0.717, 1.165) is 22.9 Å². The molecule has 4 heteroatoms. The van der Waals surface area contributed by atoms with E-state index >= 15 is 0 Å². The average Bonchev–Trinajstić information content (AvgIpc) is 3.57. The molecule has 3 nitrogen and oxygen atoms in total. The van der Waals surface area contributed by atoms with Crippen molar-refractivity contribution in [1.82, 2.24) is 4.57 Å². The minimum absolute atomic E-state index is 0.0531. The first-order valence-corrected chi connectivity index (χ1v) is 12.6. The molecule has 6 rings (SSSR count). The second kappa shape index (κ2) is 7.96. The van der Waals surface area contributed by atoms with Crippen LogP contribution in [0.15, 0.2) is 107 Å². The number of nitrogens with zero attached hydrogens (tertiary/aromatic N) is 1. The Kier molecular flexibility index (Phi) is 4.92. The molecule has 0 N–H and O–H groups in total. The van der Waals surface area contributed by atoms with E-state index in [9.17, 15) is 9.00 Å². The number of aryl methyl sites for hydroxylation is 1. The molecule has 1 aromatic heterocycles. The second-order valence-electron chi connectivity index (χ2n) is 9.21. The van der Waals surface area contributed by atoms with Crippen LogP contribution in [0.5, 0.6) is 0 Å². The molecule has 0 saturated heterocycles. The standard InChI is InChI=1S/C29H25NO2S/c1-19-11-15-24(16-12-19)33(32)26-18-21-9-5-6-10-25(21)30(26)29(31)28-23-14-13-22(17-23)27(28)20-7-3-2-4-8-20/h2-16,18,22-23,27-28H,17H2,1H3/t22?,23?,27-,28-,33?/m1/s1. The number of fused-ring (bicyclic) bond motifs is 3. The second-order valence-corrected chi connectivity index (χ2v) is 10.6. The van der Waals surface area contributed by atoms with Crippen LogP contribution in [0.2, 0.25) is 0 Å². The van der Waals surface area contributed by atoms with E-state index in [2.05, 4.69) is 36.4 Å². The molecule has 5 atom stereocenters. The molecule has 0 amide bonds. The van der Waals surface area contributed by atoms with Gasteiger partial charge in [-0.1, -0.05) is 78.4 Å². The van der Waals surface area contributed by atoms with Crippen LogP contribution >= 0.6 is 0 Å². The van der Waals surface area contributed by atoms with Gasteiger partial charge in [-0.05, 0) is 55.0 Å². The normalized spacial score (nSPS) is 24.4. The molecular weight excluding hydrogens is 426 g/mol. The lowest BCUT2D eigenvalue weighted by atomic mass is 9.78. The van der Waals surface area contributed by atoms with Gasteiger partial charge in [0.1, 0.15) is 15.8 Å². The van der Waals surface area contributed by atoms with E-state index in [-0.39, 0.29) is 23.7 Å². The highest BCUT2D eigenvalue weighted by atomic mass is 32.2. The quantitative estimate of drug-likeness (QED) is 0.339. The van der Waals surface area contributed by atoms with Crippen molar-refractivity contribution in [3.63, 3.8) is 0 Å². The van der Waals surface area contributed by atoms with Crippen molar-refractivity contribution < 1.29 is 9.00 Å². The minimum Gasteiger partial charge on any atom is -0.274 e. The lowest BCUT2D eigenvalue weighted by Crippen LogP contribution is -2.31. The smallest absolute Gasteiger partial charge is 0.236 e. The van der Waals surface area contributed by atoms with Crippen LogP contribution in [0.3, 0.4) is 0 Å². The summed E-state index contributed by atoms with van der Waals surface area (Å²) in [6.07, 6.45) is 5.51. The van der Waals surface area contributed by atoms with Gasteiger partial charge in [-0.2, -0.15) is 0 Å². The van der Waals surface area contributed by atoms with Gasteiger partial charge in [-0.3, -0.25) is 9.36 Å². The van der Waals surface area contributed by atoms with Crippen molar-refractivity contribution in [2.24, 2.45) is 17.8 Å². The maximum absolute atomic E-state index is 14.3. The molecule has 0 radical (unpaired) electrons. The number of allylic oxidation sites excluding steroid dienone is 2. The molecular formula is C29H25NO2S. The Hall–Kier alpha value is -3.24. The predicted molar refractivity (Wildman–Crippen MR) is 132 cm³/mol. The van der Waals surface area contributed by atoms with Crippen LogP contribution in [0, 0.1) is 24.7 Å². The van der Waals surface area contributed by atoms with Crippen LogP contribution in [-0.4, -0.2) is 14.7 Å². The number of carbonyl (C=O) groups is 1. The van der Waals surface area contributed by atoms with Gasteiger partial charge in [0, 0.05) is 16.2 Å². The van der Waals surface area contributed by atoms with E-state index in [4.69, 9.17) is 0 Å². The van der Waals surface area contributed by atoms with Crippen LogP contribution < -0.4 is 0 Å². The fourth-order valence-electron chi connectivity index (χ4n) is 5.71. The van der Waals surface area contributed by atoms with Gasteiger partial charge in [-0.25, -0.2) is 4.21 Å². The summed E-state index contributed by atoms with van der Waals surface area (Å²) < 4.78 is 15.5. The highest BCUT2D eigenvalue weighted by Crippen LogP contribution is 2.53. The van der Waals surface area contributed by atoms with Crippen LogP contribution in [0.25, 0.3) is 10.9 Å². The summed E-state index contributed by atoms with van der Waals surface area (Å²) >= 11 is 0. The van der Waals surface area contributed by atoms with Crippen molar-refractivity contribution >= 4 is 27.6 Å². The number of benzene rings is 3. The van der Waals surface area contributed by atoms with Crippen molar-refractivity contribution in [3.05, 3.63) is 108 Å². The third kappa shape index (κ3) is 3.32. The van der Waals surface area contributed by atoms with Gasteiger partial charge in [0.15, 0.2) is 0 Å². The number of hydrogen-bond acceptors (Lipinski definition) is 2. The van der Waals surface area contributed by atoms with Crippen LogP contribution in [0.1, 0.15) is 28.3 Å². The van der Waals surface area contributed by atoms with Crippen LogP contribution in [0.4, 0.5) is 0 Å². The third-order valence-corrected chi connectivity index (χ3v) is 8.63. The molecule has 1 heterocycles. The zero-order valence-corrected chi connectivity index (χ0v) is 19.2. The predicted octanol–water partition coefficient (Wildman–Crippen LogP) is 6.36. The first-order valence-electron chi connectivity index (χ1n) is 11.5. The van der Waals surface area contributed by atoms with E-state index in [0.29, 0.717) is 15.8 Å². The summed E-state index contributed by atoms with van der Waals surface area (Å²) in [5.74, 6) is 0.633. The molecule has 0 aliphatic heterocycles. The first-order chi connectivity index (χ1) is 16.1. The molecule has 33 heavy (non-hydrogen) atoms. The Morgan fingerprint density at radius 1 is 0.879 bits per heavy atom. The number of carbonyl (C=O) groups excluding carboxylic acids is 1. The van der Waals surface area contributed by atoms with Gasteiger partial charge in [-0.15, -0.1) is 0 Å². The Labute approximate surface area is 196 Å². The summed E-state index contributed by atoms with van der Waals surface area (Å²) in [4.78, 5) is 15.0. The van der Waals surface area contributed by atoms with Crippen molar-refractivity contribution in [2.75, 3.05) is 0 Å². The van der Waals surface area contributed by atoms with Gasteiger partial charge in [0.25, 0.3) is 0 Å². The molecule has 2 aliphatic carbocycles. The van der Waals surface area contributed by atoms with Crippen molar-refractivity contribution in [2.45, 2.75) is 29.2 Å². The summed E-state index contributed by atoms with van der Waals surface area (Å²) in [5.41, 5.74) is 3.16. The monoisotopic (exact) mass is 451 g/mol. The number of rotatable bonds is 4. The zero-order valence-electron chi connectivity index (χ0n) is 18.4. The summed E-state index contributed by atoms with van der Waals surface area (Å²) in [5, 5.41) is 1.50. The Morgan fingerprint density at radius 2 is 1.58 bits per heavy atom.